The minimum absolute atomic E-state index is 0.180. The van der Waals surface area contributed by atoms with Crippen LogP contribution >= 0.6 is 0 Å². The number of nitrogens with one attached hydrogen (secondary N) is 2. The molecular weight excluding hydrogens is 408 g/mol. The summed E-state index contributed by atoms with van der Waals surface area (Å²) in [5.74, 6) is 0.00478. The molecule has 2 amide bonds. The van der Waals surface area contributed by atoms with E-state index in [4.69, 9.17) is 9.47 Å². The Kier molecular flexibility index (Phi) is 7.97. The molecule has 7 nitrogen and oxygen atoms in total. The zero-order chi connectivity index (χ0) is 22.8. The van der Waals surface area contributed by atoms with E-state index in [-0.39, 0.29) is 18.1 Å². The molecule has 0 heterocycles. The van der Waals surface area contributed by atoms with Crippen LogP contribution in [0, 0.1) is 0 Å². The van der Waals surface area contributed by atoms with Crippen LogP contribution in [0.5, 0.6) is 11.5 Å². The number of hydrogen-bond donors (Lipinski definition) is 2. The highest BCUT2D eigenvalue weighted by Gasteiger charge is 2.12. The van der Waals surface area contributed by atoms with Gasteiger partial charge in [-0.15, -0.1) is 0 Å². The second-order valence-electron chi connectivity index (χ2n) is 6.93. The molecule has 0 bridgehead atoms. The van der Waals surface area contributed by atoms with Crippen molar-refractivity contribution in [3.05, 3.63) is 84.4 Å². The third-order valence-corrected chi connectivity index (χ3v) is 4.37. The van der Waals surface area contributed by atoms with Crippen LogP contribution in [0.1, 0.15) is 30.1 Å². The Morgan fingerprint density at radius 2 is 1.44 bits per heavy atom. The lowest BCUT2D eigenvalue weighted by Crippen LogP contribution is -2.17. The molecule has 0 unspecified atom stereocenters. The lowest BCUT2D eigenvalue weighted by Gasteiger charge is -2.13. The molecule has 0 fully saturated rings. The minimum atomic E-state index is -0.468. The summed E-state index contributed by atoms with van der Waals surface area (Å²) in [5, 5.41) is 5.61. The van der Waals surface area contributed by atoms with Gasteiger partial charge in [0.05, 0.1) is 18.0 Å². The molecule has 3 aromatic rings. The van der Waals surface area contributed by atoms with Crippen LogP contribution in [-0.4, -0.2) is 24.4 Å². The number of esters is 1. The van der Waals surface area contributed by atoms with Gasteiger partial charge in [0.2, 0.25) is 5.91 Å². The lowest BCUT2D eigenvalue weighted by atomic mass is 10.2. The van der Waals surface area contributed by atoms with Gasteiger partial charge in [-0.3, -0.25) is 14.4 Å². The molecule has 3 aromatic carbocycles. The van der Waals surface area contributed by atoms with Gasteiger partial charge in [0.15, 0.2) is 0 Å². The SMILES string of the molecule is CC(=O)Oc1cccc(C(=O)Nc2ccccc2NC(=O)CCCOc2ccccc2)c1. The summed E-state index contributed by atoms with van der Waals surface area (Å²) in [4.78, 5) is 36.1. The molecule has 0 aromatic heterocycles. The summed E-state index contributed by atoms with van der Waals surface area (Å²) < 4.78 is 10.6. The zero-order valence-electron chi connectivity index (χ0n) is 17.7. The fourth-order valence-electron chi connectivity index (χ4n) is 2.91. The van der Waals surface area contributed by atoms with E-state index in [9.17, 15) is 14.4 Å². The molecule has 0 aliphatic heterocycles. The largest absolute Gasteiger partial charge is 0.494 e. The van der Waals surface area contributed by atoms with E-state index in [0.29, 0.717) is 30.0 Å². The first-order valence-corrected chi connectivity index (χ1v) is 10.2. The molecule has 0 aliphatic carbocycles. The maximum atomic E-state index is 12.7. The van der Waals surface area contributed by atoms with Gasteiger partial charge >= 0.3 is 5.97 Å². The Morgan fingerprint density at radius 1 is 0.781 bits per heavy atom. The number of carbonyl (C=O) groups excluding carboxylic acids is 3. The Hall–Kier alpha value is -4.13. The van der Waals surface area contributed by atoms with E-state index in [1.165, 1.54) is 13.0 Å². The zero-order valence-corrected chi connectivity index (χ0v) is 17.7. The molecule has 7 heteroatoms. The van der Waals surface area contributed by atoms with E-state index in [0.717, 1.165) is 5.75 Å². The molecule has 0 radical (unpaired) electrons. The summed E-state index contributed by atoms with van der Waals surface area (Å²) in [5.41, 5.74) is 1.28. The highest BCUT2D eigenvalue weighted by molar-refractivity contribution is 6.07. The van der Waals surface area contributed by atoms with Gasteiger partial charge in [0.1, 0.15) is 11.5 Å². The number of benzene rings is 3. The second-order valence-corrected chi connectivity index (χ2v) is 6.93. The van der Waals surface area contributed by atoms with Crippen molar-refractivity contribution in [1.82, 2.24) is 0 Å². The van der Waals surface area contributed by atoms with Crippen molar-refractivity contribution >= 4 is 29.2 Å². The quantitative estimate of drug-likeness (QED) is 0.291. The minimum Gasteiger partial charge on any atom is -0.494 e. The third-order valence-electron chi connectivity index (χ3n) is 4.37. The average molecular weight is 432 g/mol. The van der Waals surface area contributed by atoms with E-state index >= 15 is 0 Å². The van der Waals surface area contributed by atoms with E-state index in [1.54, 1.807) is 42.5 Å². The predicted octanol–water partition coefficient (Wildman–Crippen LogP) is 4.66. The average Bonchev–Trinajstić information content (AvgIpc) is 2.78. The number of ether oxygens (including phenoxy) is 2. The number of rotatable bonds is 9. The topological polar surface area (TPSA) is 93.7 Å². The molecule has 0 aliphatic rings. The first kappa shape index (κ1) is 22.6. The molecule has 164 valence electrons. The predicted molar refractivity (Wildman–Crippen MR) is 122 cm³/mol. The first-order chi connectivity index (χ1) is 15.5. The summed E-state index contributed by atoms with van der Waals surface area (Å²) in [6.07, 6.45) is 0.831. The Balaban J connectivity index is 1.55. The van der Waals surface area contributed by atoms with Crippen molar-refractivity contribution in [3.63, 3.8) is 0 Å². The van der Waals surface area contributed by atoms with Crippen LogP contribution in [0.3, 0.4) is 0 Å². The van der Waals surface area contributed by atoms with Gasteiger partial charge in [0.25, 0.3) is 5.91 Å². The first-order valence-electron chi connectivity index (χ1n) is 10.2. The molecular formula is C25H24N2O5. The standard InChI is InChI=1S/C25H24N2O5/c1-18(28)32-21-12-7-9-19(17-21)25(30)27-23-14-6-5-13-22(23)26-24(29)15-8-16-31-20-10-3-2-4-11-20/h2-7,9-14,17H,8,15-16H2,1H3,(H,26,29)(H,27,30). The number of para-hydroxylation sites is 3. The summed E-state index contributed by atoms with van der Waals surface area (Å²) in [7, 11) is 0. The lowest BCUT2D eigenvalue weighted by molar-refractivity contribution is -0.131. The Labute approximate surface area is 186 Å². The van der Waals surface area contributed by atoms with Crippen LogP contribution in [0.4, 0.5) is 11.4 Å². The molecule has 0 atom stereocenters. The van der Waals surface area contributed by atoms with Crippen LogP contribution in [0.2, 0.25) is 0 Å². The van der Waals surface area contributed by atoms with Crippen molar-refractivity contribution in [2.45, 2.75) is 19.8 Å². The van der Waals surface area contributed by atoms with Crippen LogP contribution in [-0.2, 0) is 9.59 Å². The number of anilines is 2. The molecule has 3 rings (SSSR count). The van der Waals surface area contributed by atoms with E-state index < -0.39 is 11.9 Å². The second kappa shape index (κ2) is 11.3. The van der Waals surface area contributed by atoms with E-state index in [1.807, 2.05) is 30.3 Å². The van der Waals surface area contributed by atoms with Gasteiger partial charge in [0, 0.05) is 18.9 Å². The van der Waals surface area contributed by atoms with Gasteiger partial charge in [-0.05, 0) is 48.9 Å². The Bertz CT molecular complexity index is 1080. The van der Waals surface area contributed by atoms with Gasteiger partial charge in [-0.2, -0.15) is 0 Å². The van der Waals surface area contributed by atoms with E-state index in [2.05, 4.69) is 10.6 Å². The normalized spacial score (nSPS) is 10.2. The van der Waals surface area contributed by atoms with Crippen molar-refractivity contribution in [2.75, 3.05) is 17.2 Å². The summed E-state index contributed by atoms with van der Waals surface area (Å²) in [6.45, 7) is 1.72. The van der Waals surface area contributed by atoms with Crippen molar-refractivity contribution in [2.24, 2.45) is 0 Å². The third kappa shape index (κ3) is 6.98. The molecule has 0 saturated carbocycles. The molecule has 0 saturated heterocycles. The Morgan fingerprint density at radius 3 is 2.16 bits per heavy atom. The smallest absolute Gasteiger partial charge is 0.308 e. The fourth-order valence-corrected chi connectivity index (χ4v) is 2.91. The maximum absolute atomic E-state index is 12.7. The van der Waals surface area contributed by atoms with Crippen LogP contribution in [0.25, 0.3) is 0 Å². The maximum Gasteiger partial charge on any atom is 0.308 e. The van der Waals surface area contributed by atoms with Crippen molar-refractivity contribution in [3.8, 4) is 11.5 Å². The van der Waals surface area contributed by atoms with Crippen molar-refractivity contribution in [1.29, 1.82) is 0 Å². The summed E-state index contributed by atoms with van der Waals surface area (Å²) >= 11 is 0. The number of hydrogen-bond acceptors (Lipinski definition) is 5. The van der Waals surface area contributed by atoms with Crippen LogP contribution < -0.4 is 20.1 Å². The molecule has 0 spiro atoms. The highest BCUT2D eigenvalue weighted by Crippen LogP contribution is 2.23. The van der Waals surface area contributed by atoms with Gasteiger partial charge in [-0.25, -0.2) is 0 Å². The molecule has 2 N–H and O–H groups in total. The van der Waals surface area contributed by atoms with Crippen molar-refractivity contribution < 1.29 is 23.9 Å². The van der Waals surface area contributed by atoms with Gasteiger partial charge in [-0.1, -0.05) is 36.4 Å². The monoisotopic (exact) mass is 432 g/mol. The highest BCUT2D eigenvalue weighted by atomic mass is 16.5. The summed E-state index contributed by atoms with van der Waals surface area (Å²) in [6, 6.07) is 22.6. The number of amides is 2. The van der Waals surface area contributed by atoms with Crippen LogP contribution in [0.15, 0.2) is 78.9 Å². The van der Waals surface area contributed by atoms with Gasteiger partial charge < -0.3 is 20.1 Å². The fraction of sp³-hybridized carbons (Fsp3) is 0.160. The number of carbonyl (C=O) groups is 3. The molecule has 32 heavy (non-hydrogen) atoms.